The van der Waals surface area contributed by atoms with Crippen LogP contribution in [0.2, 0.25) is 0 Å². The van der Waals surface area contributed by atoms with E-state index in [1.54, 1.807) is 30.2 Å². The zero-order chi connectivity index (χ0) is 18.3. The van der Waals surface area contributed by atoms with E-state index in [0.717, 1.165) is 45.9 Å². The molecule has 0 unspecified atom stereocenters. The quantitative estimate of drug-likeness (QED) is 0.643. The maximum atomic E-state index is 12.7. The second-order valence-electron chi connectivity index (χ2n) is 6.92. The number of fused-ring (bicyclic) bond motifs is 3. The number of hydrogen-bond acceptors (Lipinski definition) is 5. The van der Waals surface area contributed by atoms with Crippen molar-refractivity contribution in [2.45, 2.75) is 43.3 Å². The molecule has 0 fully saturated rings. The number of nitrogens with one attached hydrogen (secondary N) is 1. The van der Waals surface area contributed by atoms with Crippen molar-refractivity contribution in [1.29, 1.82) is 0 Å². The number of rotatable bonds is 4. The van der Waals surface area contributed by atoms with Gasteiger partial charge in [-0.1, -0.05) is 6.92 Å². The fourth-order valence-corrected chi connectivity index (χ4v) is 5.79. The number of H-pyrrole nitrogens is 1. The Morgan fingerprint density at radius 2 is 2.12 bits per heavy atom. The summed E-state index contributed by atoms with van der Waals surface area (Å²) < 4.78 is 5.20. The van der Waals surface area contributed by atoms with Gasteiger partial charge in [-0.15, -0.1) is 23.1 Å². The number of thiophene rings is 1. The molecule has 4 rings (SSSR count). The van der Waals surface area contributed by atoms with E-state index in [4.69, 9.17) is 9.72 Å². The van der Waals surface area contributed by atoms with Crippen LogP contribution in [0.15, 0.2) is 34.0 Å². The largest absolute Gasteiger partial charge is 0.497 e. The molecule has 1 aromatic carbocycles. The van der Waals surface area contributed by atoms with Gasteiger partial charge in [-0.2, -0.15) is 0 Å². The van der Waals surface area contributed by atoms with E-state index in [1.165, 1.54) is 10.4 Å². The number of hydrogen-bond donors (Lipinski definition) is 1. The lowest BCUT2D eigenvalue weighted by Gasteiger charge is -2.17. The molecule has 0 aliphatic heterocycles. The molecule has 26 heavy (non-hydrogen) atoms. The van der Waals surface area contributed by atoms with Gasteiger partial charge in [0.25, 0.3) is 5.56 Å². The summed E-state index contributed by atoms with van der Waals surface area (Å²) in [6.45, 7) is 4.36. The monoisotopic (exact) mass is 386 g/mol. The lowest BCUT2D eigenvalue weighted by atomic mass is 9.89. The molecule has 0 saturated heterocycles. The van der Waals surface area contributed by atoms with Gasteiger partial charge < -0.3 is 9.72 Å². The predicted octanol–water partition coefficient (Wildman–Crippen LogP) is 4.97. The highest BCUT2D eigenvalue weighted by Crippen LogP contribution is 2.38. The van der Waals surface area contributed by atoms with Crippen molar-refractivity contribution in [2.75, 3.05) is 7.11 Å². The fourth-order valence-electron chi connectivity index (χ4n) is 3.47. The van der Waals surface area contributed by atoms with Gasteiger partial charge in [0.2, 0.25) is 0 Å². The van der Waals surface area contributed by atoms with Gasteiger partial charge in [0, 0.05) is 9.77 Å². The van der Waals surface area contributed by atoms with E-state index in [2.05, 4.69) is 18.8 Å². The topological polar surface area (TPSA) is 55.0 Å². The average Bonchev–Trinajstić information content (AvgIpc) is 3.00. The van der Waals surface area contributed by atoms with E-state index in [9.17, 15) is 4.79 Å². The molecule has 0 amide bonds. The average molecular weight is 387 g/mol. The smallest absolute Gasteiger partial charge is 0.259 e. The van der Waals surface area contributed by atoms with E-state index in [0.29, 0.717) is 5.92 Å². The zero-order valence-corrected chi connectivity index (χ0v) is 16.8. The number of aryl methyl sites for hydroxylation is 1. The highest BCUT2D eigenvalue weighted by molar-refractivity contribution is 7.99. The molecule has 1 N–H and O–H groups in total. The first-order chi connectivity index (χ1) is 12.5. The van der Waals surface area contributed by atoms with Gasteiger partial charge in [-0.3, -0.25) is 4.79 Å². The van der Waals surface area contributed by atoms with Gasteiger partial charge in [-0.05, 0) is 61.9 Å². The molecule has 4 nitrogen and oxygen atoms in total. The molecular formula is C20H22N2O2S2. The van der Waals surface area contributed by atoms with Crippen LogP contribution in [-0.2, 0) is 12.8 Å². The SMILES string of the molecule is COc1ccc(S[C@H](C)c2nc3sc4c(c3c(=O)[nH]2)CC[C@@H](C)C4)cc1. The number of nitrogens with zero attached hydrogens (tertiary/aromatic N) is 1. The molecule has 2 aromatic heterocycles. The van der Waals surface area contributed by atoms with Crippen LogP contribution in [0.3, 0.4) is 0 Å². The lowest BCUT2D eigenvalue weighted by Crippen LogP contribution is -2.15. The van der Waals surface area contributed by atoms with Crippen LogP contribution >= 0.6 is 23.1 Å². The van der Waals surface area contributed by atoms with E-state index in [-0.39, 0.29) is 10.8 Å². The summed E-state index contributed by atoms with van der Waals surface area (Å²) >= 11 is 3.39. The number of aromatic nitrogens is 2. The normalized spacial score (nSPS) is 17.9. The van der Waals surface area contributed by atoms with E-state index >= 15 is 0 Å². The third-order valence-corrected chi connectivity index (χ3v) is 7.21. The number of methoxy groups -OCH3 is 1. The molecule has 0 spiro atoms. The van der Waals surface area contributed by atoms with E-state index < -0.39 is 0 Å². The van der Waals surface area contributed by atoms with Gasteiger partial charge in [0.05, 0.1) is 17.7 Å². The molecule has 2 heterocycles. The molecule has 2 atom stereocenters. The number of thioether (sulfide) groups is 1. The van der Waals surface area contributed by atoms with Crippen molar-refractivity contribution in [3.63, 3.8) is 0 Å². The van der Waals surface area contributed by atoms with Crippen molar-refractivity contribution in [2.24, 2.45) is 5.92 Å². The Hall–Kier alpha value is -1.79. The summed E-state index contributed by atoms with van der Waals surface area (Å²) in [6.07, 6.45) is 3.22. The maximum absolute atomic E-state index is 12.7. The fraction of sp³-hybridized carbons (Fsp3) is 0.400. The third kappa shape index (κ3) is 3.28. The van der Waals surface area contributed by atoms with Crippen LogP contribution in [0.25, 0.3) is 10.2 Å². The van der Waals surface area contributed by atoms with Crippen molar-refractivity contribution in [1.82, 2.24) is 9.97 Å². The Kier molecular flexibility index (Phi) is 4.80. The van der Waals surface area contributed by atoms with Crippen LogP contribution in [0.4, 0.5) is 0 Å². The Labute approximate surface area is 161 Å². The lowest BCUT2D eigenvalue weighted by molar-refractivity contribution is 0.414. The molecular weight excluding hydrogens is 364 g/mol. The minimum Gasteiger partial charge on any atom is -0.497 e. The van der Waals surface area contributed by atoms with Crippen LogP contribution in [0, 0.1) is 5.92 Å². The number of aromatic amines is 1. The van der Waals surface area contributed by atoms with E-state index in [1.807, 2.05) is 24.3 Å². The van der Waals surface area contributed by atoms with Crippen LogP contribution in [0.1, 0.15) is 41.8 Å². The number of benzene rings is 1. The Balaban J connectivity index is 1.65. The van der Waals surface area contributed by atoms with Crippen LogP contribution < -0.4 is 10.3 Å². The second-order valence-corrected chi connectivity index (χ2v) is 9.42. The minimum absolute atomic E-state index is 0.0132. The molecule has 136 valence electrons. The van der Waals surface area contributed by atoms with Crippen LogP contribution in [0.5, 0.6) is 5.75 Å². The highest BCUT2D eigenvalue weighted by Gasteiger charge is 2.23. The van der Waals surface area contributed by atoms with Gasteiger partial charge in [0.15, 0.2) is 0 Å². The molecule has 0 radical (unpaired) electrons. The van der Waals surface area contributed by atoms with Gasteiger partial charge in [-0.25, -0.2) is 4.98 Å². The Morgan fingerprint density at radius 3 is 2.85 bits per heavy atom. The summed E-state index contributed by atoms with van der Waals surface area (Å²) in [7, 11) is 1.66. The first-order valence-corrected chi connectivity index (χ1v) is 10.6. The minimum atomic E-state index is 0.0132. The summed E-state index contributed by atoms with van der Waals surface area (Å²) in [6, 6.07) is 7.95. The van der Waals surface area contributed by atoms with Gasteiger partial charge >= 0.3 is 0 Å². The van der Waals surface area contributed by atoms with Crippen LogP contribution in [-0.4, -0.2) is 17.1 Å². The summed E-state index contributed by atoms with van der Waals surface area (Å²) in [5.74, 6) is 2.28. The second kappa shape index (κ2) is 7.08. The molecule has 0 saturated carbocycles. The Bertz CT molecular complexity index is 991. The van der Waals surface area contributed by atoms with Crippen molar-refractivity contribution in [3.8, 4) is 5.75 Å². The van der Waals surface area contributed by atoms with Gasteiger partial charge in [0.1, 0.15) is 16.4 Å². The molecule has 6 heteroatoms. The standard InChI is InChI=1S/C20H22N2O2S2/c1-11-4-9-15-16(10-11)26-20-17(15)19(23)21-18(22-20)12(2)25-14-7-5-13(24-3)6-8-14/h5-8,11-12H,4,9-10H2,1-3H3,(H,21,22,23)/t11-,12-/m1/s1. The third-order valence-electron chi connectivity index (χ3n) is 4.94. The first-order valence-electron chi connectivity index (χ1n) is 8.90. The zero-order valence-electron chi connectivity index (χ0n) is 15.2. The first kappa shape index (κ1) is 17.6. The molecule has 1 aliphatic rings. The van der Waals surface area contributed by atoms with Crippen molar-refractivity contribution in [3.05, 3.63) is 50.9 Å². The summed E-state index contributed by atoms with van der Waals surface area (Å²) in [4.78, 5) is 24.0. The molecule has 0 bridgehead atoms. The summed E-state index contributed by atoms with van der Waals surface area (Å²) in [5.41, 5.74) is 1.25. The highest BCUT2D eigenvalue weighted by atomic mass is 32.2. The Morgan fingerprint density at radius 1 is 1.35 bits per heavy atom. The predicted molar refractivity (Wildman–Crippen MR) is 109 cm³/mol. The molecule has 1 aliphatic carbocycles. The number of ether oxygens (including phenoxy) is 1. The molecule has 3 aromatic rings. The maximum Gasteiger partial charge on any atom is 0.259 e. The van der Waals surface area contributed by atoms with Crippen molar-refractivity contribution >= 4 is 33.3 Å². The summed E-state index contributed by atoms with van der Waals surface area (Å²) in [5, 5.41) is 0.890. The van der Waals surface area contributed by atoms with Crippen molar-refractivity contribution < 1.29 is 4.74 Å².